The number of fused-ring (bicyclic) bond motifs is 2. The molecule has 28 heavy (non-hydrogen) atoms. The fourth-order valence-corrected chi connectivity index (χ4v) is 3.81. The summed E-state index contributed by atoms with van der Waals surface area (Å²) in [4.78, 5) is 9.48. The van der Waals surface area contributed by atoms with Crippen LogP contribution in [0.1, 0.15) is 34.6 Å². The lowest BCUT2D eigenvalue weighted by Gasteiger charge is -2.12. The van der Waals surface area contributed by atoms with E-state index in [1.165, 1.54) is 16.7 Å². The van der Waals surface area contributed by atoms with Crippen LogP contribution >= 0.6 is 11.6 Å². The number of nitrogens with one attached hydrogen (secondary N) is 1. The van der Waals surface area contributed by atoms with Crippen LogP contribution in [0.3, 0.4) is 0 Å². The van der Waals surface area contributed by atoms with Crippen molar-refractivity contribution in [3.63, 3.8) is 0 Å². The summed E-state index contributed by atoms with van der Waals surface area (Å²) in [5.41, 5.74) is 5.77. The van der Waals surface area contributed by atoms with Crippen LogP contribution in [0.15, 0.2) is 48.5 Å². The van der Waals surface area contributed by atoms with Crippen molar-refractivity contribution in [2.45, 2.75) is 32.6 Å². The van der Waals surface area contributed by atoms with Crippen LogP contribution in [-0.2, 0) is 19.3 Å². The summed E-state index contributed by atoms with van der Waals surface area (Å²) in [6.45, 7) is 2.09. The molecule has 2 heterocycles. The van der Waals surface area contributed by atoms with Crippen molar-refractivity contribution < 1.29 is 0 Å². The minimum Gasteiger partial charge on any atom is -0.340 e. The van der Waals surface area contributed by atoms with Gasteiger partial charge in [-0.2, -0.15) is 9.50 Å². The maximum absolute atomic E-state index is 6.03. The smallest absolute Gasteiger partial charge is 0.254 e. The van der Waals surface area contributed by atoms with E-state index in [0.717, 1.165) is 47.3 Å². The quantitative estimate of drug-likeness (QED) is 0.538. The third-order valence-electron chi connectivity index (χ3n) is 5.15. The van der Waals surface area contributed by atoms with Crippen LogP contribution < -0.4 is 5.32 Å². The van der Waals surface area contributed by atoms with Crippen LogP contribution in [0.2, 0.25) is 5.02 Å². The van der Waals surface area contributed by atoms with E-state index in [-0.39, 0.29) is 0 Å². The van der Waals surface area contributed by atoms with Crippen molar-refractivity contribution >= 4 is 28.9 Å². The van der Waals surface area contributed by atoms with Gasteiger partial charge in [0.25, 0.3) is 5.78 Å². The number of rotatable bonds is 4. The van der Waals surface area contributed by atoms with Crippen molar-refractivity contribution in [3.8, 4) is 0 Å². The highest BCUT2D eigenvalue weighted by molar-refractivity contribution is 6.30. The number of anilines is 2. The van der Waals surface area contributed by atoms with Gasteiger partial charge >= 0.3 is 0 Å². The normalized spacial score (nSPS) is 13.1. The summed E-state index contributed by atoms with van der Waals surface area (Å²) in [5.74, 6) is 2.39. The Kier molecular flexibility index (Phi) is 4.24. The maximum atomic E-state index is 6.03. The second-order valence-corrected chi connectivity index (χ2v) is 7.71. The van der Waals surface area contributed by atoms with E-state index in [0.29, 0.717) is 12.2 Å². The topological polar surface area (TPSA) is 55.1 Å². The largest absolute Gasteiger partial charge is 0.340 e. The number of halogens is 1. The molecule has 0 aliphatic heterocycles. The number of benzene rings is 2. The number of hydrogen-bond donors (Lipinski definition) is 1. The molecule has 1 N–H and O–H groups in total. The molecule has 1 aliphatic rings. The number of aromatic nitrogens is 4. The molecule has 0 unspecified atom stereocenters. The van der Waals surface area contributed by atoms with Crippen LogP contribution in [0, 0.1) is 6.92 Å². The van der Waals surface area contributed by atoms with E-state index >= 15 is 0 Å². The Hall–Kier alpha value is -2.92. The summed E-state index contributed by atoms with van der Waals surface area (Å²) < 4.78 is 1.85. The lowest BCUT2D eigenvalue weighted by molar-refractivity contribution is 0.885. The van der Waals surface area contributed by atoms with E-state index in [4.69, 9.17) is 26.7 Å². The Morgan fingerprint density at radius 1 is 1.00 bits per heavy atom. The minimum atomic E-state index is 0.652. The standard InChI is InChI=1S/C22H20ClN5/c1-14-5-7-15(8-6-14)13-20-26-22-25-19-4-2-3-18(19)21(28(22)27-20)24-17-11-9-16(23)10-12-17/h5-12,24H,2-4,13H2,1H3. The predicted molar refractivity (Wildman–Crippen MR) is 112 cm³/mol. The van der Waals surface area contributed by atoms with Gasteiger partial charge < -0.3 is 5.32 Å². The van der Waals surface area contributed by atoms with Crippen molar-refractivity contribution in [1.82, 2.24) is 19.6 Å². The lowest BCUT2D eigenvalue weighted by Crippen LogP contribution is -2.07. The Morgan fingerprint density at radius 2 is 1.79 bits per heavy atom. The van der Waals surface area contributed by atoms with Gasteiger partial charge in [-0.05, 0) is 56.0 Å². The average Bonchev–Trinajstić information content (AvgIpc) is 3.31. The molecule has 0 atom stereocenters. The third kappa shape index (κ3) is 3.22. The van der Waals surface area contributed by atoms with Gasteiger partial charge in [0.2, 0.25) is 0 Å². The fraction of sp³-hybridized carbons (Fsp3) is 0.227. The van der Waals surface area contributed by atoms with Crippen LogP contribution in [0.5, 0.6) is 0 Å². The first-order valence-corrected chi connectivity index (χ1v) is 9.89. The Labute approximate surface area is 168 Å². The molecule has 0 amide bonds. The van der Waals surface area contributed by atoms with E-state index < -0.39 is 0 Å². The van der Waals surface area contributed by atoms with Gasteiger partial charge in [0, 0.05) is 22.7 Å². The summed E-state index contributed by atoms with van der Waals surface area (Å²) in [6.07, 6.45) is 3.79. The molecule has 140 valence electrons. The number of nitrogens with zero attached hydrogens (tertiary/aromatic N) is 4. The van der Waals surface area contributed by atoms with Gasteiger partial charge in [-0.3, -0.25) is 0 Å². The zero-order valence-corrected chi connectivity index (χ0v) is 16.4. The highest BCUT2D eigenvalue weighted by Gasteiger charge is 2.22. The van der Waals surface area contributed by atoms with Gasteiger partial charge in [-0.25, -0.2) is 4.98 Å². The fourth-order valence-electron chi connectivity index (χ4n) is 3.68. The third-order valence-corrected chi connectivity index (χ3v) is 5.40. The highest BCUT2D eigenvalue weighted by Crippen LogP contribution is 2.30. The van der Waals surface area contributed by atoms with E-state index in [1.54, 1.807) is 0 Å². The Balaban J connectivity index is 1.56. The number of aryl methyl sites for hydroxylation is 2. The molecule has 0 spiro atoms. The molecular weight excluding hydrogens is 370 g/mol. The molecule has 1 aliphatic carbocycles. The number of hydrogen-bond acceptors (Lipinski definition) is 4. The highest BCUT2D eigenvalue weighted by atomic mass is 35.5. The summed E-state index contributed by atoms with van der Waals surface area (Å²) in [5, 5.41) is 9.02. The molecular formula is C22H20ClN5. The molecule has 0 saturated carbocycles. The first-order valence-electron chi connectivity index (χ1n) is 9.51. The summed E-state index contributed by atoms with van der Waals surface area (Å²) >= 11 is 6.03. The summed E-state index contributed by atoms with van der Waals surface area (Å²) in [7, 11) is 0. The van der Waals surface area contributed by atoms with Crippen molar-refractivity contribution in [2.24, 2.45) is 0 Å². The molecule has 2 aromatic carbocycles. The van der Waals surface area contributed by atoms with Gasteiger partial charge in [0.15, 0.2) is 5.82 Å². The zero-order valence-electron chi connectivity index (χ0n) is 15.6. The Morgan fingerprint density at radius 3 is 2.57 bits per heavy atom. The van der Waals surface area contributed by atoms with E-state index in [9.17, 15) is 0 Å². The SMILES string of the molecule is Cc1ccc(Cc2nc3nc4c(c(Nc5ccc(Cl)cc5)n3n2)CCC4)cc1. The molecule has 4 aromatic rings. The predicted octanol–water partition coefficient (Wildman–Crippen LogP) is 4.91. The van der Waals surface area contributed by atoms with Crippen molar-refractivity contribution in [1.29, 1.82) is 0 Å². The molecule has 5 rings (SSSR count). The average molecular weight is 390 g/mol. The minimum absolute atomic E-state index is 0.652. The van der Waals surface area contributed by atoms with Crippen LogP contribution in [0.25, 0.3) is 5.78 Å². The van der Waals surface area contributed by atoms with Gasteiger partial charge in [-0.1, -0.05) is 41.4 Å². The Bertz CT molecular complexity index is 1150. The van der Waals surface area contributed by atoms with Crippen molar-refractivity contribution in [2.75, 3.05) is 5.32 Å². The first-order chi connectivity index (χ1) is 13.7. The monoisotopic (exact) mass is 389 g/mol. The van der Waals surface area contributed by atoms with Crippen molar-refractivity contribution in [3.05, 3.63) is 81.8 Å². The van der Waals surface area contributed by atoms with Crippen LogP contribution in [0.4, 0.5) is 11.5 Å². The maximum Gasteiger partial charge on any atom is 0.254 e. The van der Waals surface area contributed by atoms with Gasteiger partial charge in [-0.15, -0.1) is 5.10 Å². The zero-order chi connectivity index (χ0) is 19.1. The van der Waals surface area contributed by atoms with E-state index in [1.807, 2.05) is 28.8 Å². The van der Waals surface area contributed by atoms with Gasteiger partial charge in [0.05, 0.1) is 5.69 Å². The summed E-state index contributed by atoms with van der Waals surface area (Å²) in [6, 6.07) is 16.2. The molecule has 6 heteroatoms. The first kappa shape index (κ1) is 17.2. The second kappa shape index (κ2) is 6.91. The van der Waals surface area contributed by atoms with Gasteiger partial charge in [0.1, 0.15) is 5.82 Å². The second-order valence-electron chi connectivity index (χ2n) is 7.27. The molecule has 0 radical (unpaired) electrons. The molecule has 0 fully saturated rings. The molecule has 0 saturated heterocycles. The molecule has 0 bridgehead atoms. The lowest BCUT2D eigenvalue weighted by atomic mass is 10.1. The van der Waals surface area contributed by atoms with E-state index in [2.05, 4.69) is 36.5 Å². The molecule has 5 nitrogen and oxygen atoms in total. The van der Waals surface area contributed by atoms with Crippen LogP contribution in [-0.4, -0.2) is 19.6 Å². The molecule has 2 aromatic heterocycles.